The highest BCUT2D eigenvalue weighted by Gasteiger charge is 2.13. The van der Waals surface area contributed by atoms with Crippen molar-refractivity contribution >= 4 is 17.5 Å². The summed E-state index contributed by atoms with van der Waals surface area (Å²) in [7, 11) is 0. The minimum Gasteiger partial charge on any atom is -0.482 e. The molecule has 29 heavy (non-hydrogen) atoms. The predicted octanol–water partition coefficient (Wildman–Crippen LogP) is 3.95. The molecule has 154 valence electrons. The van der Waals surface area contributed by atoms with Gasteiger partial charge in [0.25, 0.3) is 0 Å². The summed E-state index contributed by atoms with van der Waals surface area (Å²) in [6.45, 7) is 7.15. The van der Waals surface area contributed by atoms with E-state index < -0.39 is 0 Å². The zero-order valence-corrected chi connectivity index (χ0v) is 16.9. The first-order valence-corrected chi connectivity index (χ1v) is 10.1. The van der Waals surface area contributed by atoms with Gasteiger partial charge in [-0.3, -0.25) is 0 Å². The largest absolute Gasteiger partial charge is 0.482 e. The van der Waals surface area contributed by atoms with Gasteiger partial charge in [-0.2, -0.15) is 0 Å². The molecule has 0 aliphatic heterocycles. The molecule has 1 atom stereocenters. The maximum Gasteiger partial charge on any atom is 0.180 e. The van der Waals surface area contributed by atoms with Gasteiger partial charge in [0.2, 0.25) is 0 Å². The summed E-state index contributed by atoms with van der Waals surface area (Å²) in [6, 6.07) is 5.87. The van der Waals surface area contributed by atoms with E-state index >= 15 is 0 Å². The number of anilines is 1. The number of nitrogens with zero attached hydrogens (tertiary/aromatic N) is 4. The standard InChI is InChI=1S/C22H29N5O2/c1-3-5-8-17(10-12-28)13-24-22-19(14-23-20(4-2)26-22)29-16-18-15-27-11-7-6-9-21(27)25-18/h4,6-7,9,11,14-15,17,28H,2-3,5,8,10,12-13,16H2,1H3,(H,23,24,26)/t17-/m0/s1. The molecule has 0 aromatic carbocycles. The van der Waals surface area contributed by atoms with Gasteiger partial charge >= 0.3 is 0 Å². The average Bonchev–Trinajstić information content (AvgIpc) is 3.17. The Balaban J connectivity index is 1.69. The number of ether oxygens (including phenoxy) is 1. The van der Waals surface area contributed by atoms with Gasteiger partial charge in [-0.1, -0.05) is 32.4 Å². The Morgan fingerprint density at radius 3 is 2.97 bits per heavy atom. The molecule has 3 aromatic heterocycles. The minimum atomic E-state index is 0.189. The van der Waals surface area contributed by atoms with Gasteiger partial charge in [0.1, 0.15) is 12.3 Å². The van der Waals surface area contributed by atoms with E-state index in [4.69, 9.17) is 4.74 Å². The van der Waals surface area contributed by atoms with Crippen LogP contribution in [0.4, 0.5) is 5.82 Å². The highest BCUT2D eigenvalue weighted by atomic mass is 16.5. The van der Waals surface area contributed by atoms with E-state index in [9.17, 15) is 5.11 Å². The predicted molar refractivity (Wildman–Crippen MR) is 115 cm³/mol. The van der Waals surface area contributed by atoms with Crippen LogP contribution >= 0.6 is 0 Å². The molecule has 3 aromatic rings. The molecule has 0 saturated carbocycles. The number of unbranched alkanes of at least 4 members (excludes halogenated alkanes) is 1. The average molecular weight is 396 g/mol. The van der Waals surface area contributed by atoms with E-state index in [1.807, 2.05) is 35.0 Å². The van der Waals surface area contributed by atoms with E-state index in [0.717, 1.165) is 43.6 Å². The van der Waals surface area contributed by atoms with Gasteiger partial charge in [-0.25, -0.2) is 15.0 Å². The Labute approximate surface area is 171 Å². The number of nitrogens with one attached hydrogen (secondary N) is 1. The van der Waals surface area contributed by atoms with Crippen LogP contribution in [-0.4, -0.2) is 37.6 Å². The number of aliphatic hydroxyl groups excluding tert-OH is 1. The van der Waals surface area contributed by atoms with Crippen LogP contribution in [-0.2, 0) is 6.61 Å². The molecule has 0 unspecified atom stereocenters. The van der Waals surface area contributed by atoms with E-state index in [1.54, 1.807) is 12.3 Å². The highest BCUT2D eigenvalue weighted by molar-refractivity contribution is 5.52. The lowest BCUT2D eigenvalue weighted by Gasteiger charge is -2.18. The molecule has 0 amide bonds. The molecule has 0 aliphatic rings. The molecule has 0 radical (unpaired) electrons. The monoisotopic (exact) mass is 395 g/mol. The van der Waals surface area contributed by atoms with Crippen LogP contribution in [0.25, 0.3) is 11.7 Å². The second-order valence-corrected chi connectivity index (χ2v) is 7.03. The van der Waals surface area contributed by atoms with E-state index in [1.165, 1.54) is 0 Å². The first-order valence-electron chi connectivity index (χ1n) is 10.1. The van der Waals surface area contributed by atoms with Crippen LogP contribution in [0.5, 0.6) is 5.75 Å². The Bertz CT molecular complexity index is 891. The Morgan fingerprint density at radius 2 is 2.21 bits per heavy atom. The van der Waals surface area contributed by atoms with Crippen molar-refractivity contribution in [1.82, 2.24) is 19.4 Å². The van der Waals surface area contributed by atoms with Gasteiger partial charge in [0.05, 0.1) is 11.9 Å². The van der Waals surface area contributed by atoms with Gasteiger partial charge in [0.15, 0.2) is 17.4 Å². The summed E-state index contributed by atoms with van der Waals surface area (Å²) in [5, 5.41) is 12.7. The van der Waals surface area contributed by atoms with Crippen molar-refractivity contribution in [1.29, 1.82) is 0 Å². The van der Waals surface area contributed by atoms with Crippen LogP contribution in [0.15, 0.2) is 43.4 Å². The van der Waals surface area contributed by atoms with Gasteiger partial charge in [-0.05, 0) is 37.0 Å². The maximum atomic E-state index is 9.34. The molecule has 0 aliphatic carbocycles. The molecule has 0 saturated heterocycles. The Morgan fingerprint density at radius 1 is 1.31 bits per heavy atom. The van der Waals surface area contributed by atoms with Crippen molar-refractivity contribution in [2.75, 3.05) is 18.5 Å². The smallest absolute Gasteiger partial charge is 0.180 e. The number of imidazole rings is 1. The van der Waals surface area contributed by atoms with E-state index in [-0.39, 0.29) is 6.61 Å². The van der Waals surface area contributed by atoms with Crippen molar-refractivity contribution in [3.05, 3.63) is 54.9 Å². The molecule has 0 fully saturated rings. The molecule has 2 N–H and O–H groups in total. The minimum absolute atomic E-state index is 0.189. The van der Waals surface area contributed by atoms with Crippen molar-refractivity contribution < 1.29 is 9.84 Å². The first kappa shape index (κ1) is 20.8. The molecule has 0 spiro atoms. The summed E-state index contributed by atoms with van der Waals surface area (Å²) >= 11 is 0. The summed E-state index contributed by atoms with van der Waals surface area (Å²) in [6.07, 6.45) is 11.3. The van der Waals surface area contributed by atoms with Gasteiger partial charge < -0.3 is 19.6 Å². The summed E-state index contributed by atoms with van der Waals surface area (Å²) in [5.41, 5.74) is 1.71. The van der Waals surface area contributed by atoms with Gasteiger partial charge in [-0.15, -0.1) is 0 Å². The van der Waals surface area contributed by atoms with Crippen LogP contribution in [0.2, 0.25) is 0 Å². The Kier molecular flexibility index (Phi) is 7.58. The maximum absolute atomic E-state index is 9.34. The number of aliphatic hydroxyl groups is 1. The third kappa shape index (κ3) is 5.77. The third-order valence-electron chi connectivity index (χ3n) is 4.81. The third-order valence-corrected chi connectivity index (χ3v) is 4.81. The zero-order chi connectivity index (χ0) is 20.5. The number of aromatic nitrogens is 4. The van der Waals surface area contributed by atoms with Crippen molar-refractivity contribution in [2.24, 2.45) is 5.92 Å². The van der Waals surface area contributed by atoms with Crippen LogP contribution in [0.1, 0.15) is 44.1 Å². The van der Waals surface area contributed by atoms with Crippen LogP contribution in [0, 0.1) is 5.92 Å². The van der Waals surface area contributed by atoms with E-state index in [0.29, 0.717) is 29.9 Å². The highest BCUT2D eigenvalue weighted by Crippen LogP contribution is 2.24. The number of rotatable bonds is 12. The fraction of sp³-hybridized carbons (Fsp3) is 0.409. The molecule has 7 heteroatoms. The molecule has 7 nitrogen and oxygen atoms in total. The summed E-state index contributed by atoms with van der Waals surface area (Å²) in [4.78, 5) is 13.3. The molecule has 3 rings (SSSR count). The number of pyridine rings is 1. The van der Waals surface area contributed by atoms with Gasteiger partial charge in [0, 0.05) is 25.5 Å². The van der Waals surface area contributed by atoms with Crippen molar-refractivity contribution in [3.8, 4) is 5.75 Å². The molecular formula is C22H29N5O2. The normalized spacial score (nSPS) is 12.1. The fourth-order valence-electron chi connectivity index (χ4n) is 3.19. The lowest BCUT2D eigenvalue weighted by atomic mass is 9.99. The van der Waals surface area contributed by atoms with Crippen LogP contribution < -0.4 is 10.1 Å². The molecule has 3 heterocycles. The second kappa shape index (κ2) is 10.6. The van der Waals surface area contributed by atoms with Crippen molar-refractivity contribution in [2.45, 2.75) is 39.2 Å². The fourth-order valence-corrected chi connectivity index (χ4v) is 3.19. The van der Waals surface area contributed by atoms with E-state index in [2.05, 4.69) is 33.8 Å². The quantitative estimate of drug-likeness (QED) is 0.483. The first-order chi connectivity index (χ1) is 14.2. The molecular weight excluding hydrogens is 366 g/mol. The second-order valence-electron chi connectivity index (χ2n) is 7.03. The number of fused-ring (bicyclic) bond motifs is 1. The number of hydrogen-bond donors (Lipinski definition) is 2. The Hall–Kier alpha value is -2.93. The summed E-state index contributed by atoms with van der Waals surface area (Å²) < 4.78 is 7.94. The topological polar surface area (TPSA) is 84.6 Å². The number of hydrogen-bond acceptors (Lipinski definition) is 6. The van der Waals surface area contributed by atoms with Crippen LogP contribution in [0.3, 0.4) is 0 Å². The summed E-state index contributed by atoms with van der Waals surface area (Å²) in [5.74, 6) is 2.14. The lowest BCUT2D eigenvalue weighted by Crippen LogP contribution is -2.17. The molecule has 0 bridgehead atoms. The lowest BCUT2D eigenvalue weighted by molar-refractivity contribution is 0.254. The SMILES string of the molecule is C=Cc1ncc(OCc2cn3ccccc3n2)c(NC[C@H](CCO)CCCC)n1. The zero-order valence-electron chi connectivity index (χ0n) is 16.9. The van der Waals surface area contributed by atoms with Crippen molar-refractivity contribution in [3.63, 3.8) is 0 Å².